The molecular weight excluding hydrogens is 332 g/mol. The first-order valence-corrected chi connectivity index (χ1v) is 8.50. The van der Waals surface area contributed by atoms with Crippen LogP contribution in [0.2, 0.25) is 5.02 Å². The Hall–Kier alpha value is -2.90. The molecule has 0 amide bonds. The summed E-state index contributed by atoms with van der Waals surface area (Å²) in [6, 6.07) is 14.1. The lowest BCUT2D eigenvalue weighted by molar-refractivity contribution is 0.836. The second-order valence-electron chi connectivity index (χ2n) is 5.33. The van der Waals surface area contributed by atoms with E-state index in [1.54, 1.807) is 12.4 Å². The van der Waals surface area contributed by atoms with Gasteiger partial charge in [-0.25, -0.2) is 0 Å². The molecule has 3 heterocycles. The van der Waals surface area contributed by atoms with Crippen molar-refractivity contribution in [2.45, 2.75) is 20.4 Å². The Kier molecular flexibility index (Phi) is 4.97. The Morgan fingerprint density at radius 1 is 1.16 bits per heavy atom. The highest BCUT2D eigenvalue weighted by Crippen LogP contribution is 2.22. The molecule has 0 atom stereocenters. The molecular formula is C20H17ClN4. The lowest BCUT2D eigenvalue weighted by Crippen LogP contribution is -1.98. The van der Waals surface area contributed by atoms with Gasteiger partial charge in [-0.2, -0.15) is 5.26 Å². The van der Waals surface area contributed by atoms with Crippen molar-refractivity contribution < 1.29 is 0 Å². The van der Waals surface area contributed by atoms with Crippen molar-refractivity contribution in [3.63, 3.8) is 0 Å². The highest BCUT2D eigenvalue weighted by molar-refractivity contribution is 6.31. The molecule has 4 rings (SSSR count). The van der Waals surface area contributed by atoms with Crippen molar-refractivity contribution in [3.8, 4) is 6.07 Å². The molecule has 0 aliphatic rings. The smallest absolute Gasteiger partial charge is 0.106 e. The van der Waals surface area contributed by atoms with Gasteiger partial charge in [0.25, 0.3) is 0 Å². The van der Waals surface area contributed by atoms with Gasteiger partial charge in [-0.3, -0.25) is 9.97 Å². The molecule has 4 nitrogen and oxygen atoms in total. The topological polar surface area (TPSA) is 54.5 Å². The van der Waals surface area contributed by atoms with Gasteiger partial charge in [-0.1, -0.05) is 31.5 Å². The Morgan fingerprint density at radius 2 is 2.00 bits per heavy atom. The number of hydrogen-bond donors (Lipinski definition) is 0. The van der Waals surface area contributed by atoms with Crippen LogP contribution < -0.4 is 0 Å². The number of rotatable bonds is 2. The molecule has 0 saturated carbocycles. The highest BCUT2D eigenvalue weighted by atomic mass is 35.5. The van der Waals surface area contributed by atoms with Gasteiger partial charge in [-0.05, 0) is 35.9 Å². The van der Waals surface area contributed by atoms with Gasteiger partial charge in [-0.15, -0.1) is 0 Å². The van der Waals surface area contributed by atoms with E-state index in [-0.39, 0.29) is 0 Å². The molecule has 3 aromatic heterocycles. The van der Waals surface area contributed by atoms with Crippen LogP contribution in [0, 0.1) is 11.3 Å². The van der Waals surface area contributed by atoms with Crippen molar-refractivity contribution in [3.05, 3.63) is 71.1 Å². The third kappa shape index (κ3) is 3.33. The van der Waals surface area contributed by atoms with Crippen LogP contribution in [0.1, 0.15) is 25.0 Å². The van der Waals surface area contributed by atoms with Crippen LogP contribution in [0.15, 0.2) is 55.0 Å². The molecule has 0 fully saturated rings. The fourth-order valence-corrected chi connectivity index (χ4v) is 2.95. The zero-order valence-electron chi connectivity index (χ0n) is 14.1. The summed E-state index contributed by atoms with van der Waals surface area (Å²) in [7, 11) is 0. The SMILES string of the molecule is CC.N#Cc1cn(Cc2ccc3ncc(Cl)cc3c2)c2cccnc12. The van der Waals surface area contributed by atoms with E-state index >= 15 is 0 Å². The fourth-order valence-electron chi connectivity index (χ4n) is 2.78. The summed E-state index contributed by atoms with van der Waals surface area (Å²) in [6.45, 7) is 4.66. The summed E-state index contributed by atoms with van der Waals surface area (Å²) in [5.41, 5.74) is 4.31. The summed E-state index contributed by atoms with van der Waals surface area (Å²) in [5, 5.41) is 10.9. The van der Waals surface area contributed by atoms with Crippen molar-refractivity contribution in [1.82, 2.24) is 14.5 Å². The van der Waals surface area contributed by atoms with Gasteiger partial charge >= 0.3 is 0 Å². The monoisotopic (exact) mass is 348 g/mol. The minimum absolute atomic E-state index is 0.589. The molecule has 0 radical (unpaired) electrons. The molecule has 0 unspecified atom stereocenters. The molecule has 4 aromatic rings. The first kappa shape index (κ1) is 16.9. The number of aromatic nitrogens is 3. The maximum absolute atomic E-state index is 9.26. The van der Waals surface area contributed by atoms with Crippen LogP contribution in [0.5, 0.6) is 0 Å². The van der Waals surface area contributed by atoms with Crippen LogP contribution in [0.3, 0.4) is 0 Å². The Bertz CT molecular complexity index is 1080. The van der Waals surface area contributed by atoms with Crippen LogP contribution in [-0.2, 0) is 6.54 Å². The largest absolute Gasteiger partial charge is 0.340 e. The van der Waals surface area contributed by atoms with Crippen molar-refractivity contribution >= 4 is 33.5 Å². The van der Waals surface area contributed by atoms with Gasteiger partial charge in [0.05, 0.1) is 21.6 Å². The number of benzene rings is 1. The predicted molar refractivity (Wildman–Crippen MR) is 102 cm³/mol. The summed E-state index contributed by atoms with van der Waals surface area (Å²) in [5.74, 6) is 0. The maximum atomic E-state index is 9.26. The summed E-state index contributed by atoms with van der Waals surface area (Å²) >= 11 is 6.02. The highest BCUT2D eigenvalue weighted by Gasteiger charge is 2.09. The summed E-state index contributed by atoms with van der Waals surface area (Å²) < 4.78 is 2.04. The predicted octanol–water partition coefficient (Wildman–Crippen LogP) is 5.18. The molecule has 0 spiro atoms. The van der Waals surface area contributed by atoms with Crippen molar-refractivity contribution in [2.24, 2.45) is 0 Å². The molecule has 0 bridgehead atoms. The molecule has 25 heavy (non-hydrogen) atoms. The van der Waals surface area contributed by atoms with E-state index in [0.29, 0.717) is 17.1 Å². The zero-order valence-corrected chi connectivity index (χ0v) is 14.8. The fraction of sp³-hybridized carbons (Fsp3) is 0.150. The Balaban J connectivity index is 0.000000880. The van der Waals surface area contributed by atoms with E-state index in [4.69, 9.17) is 11.6 Å². The minimum Gasteiger partial charge on any atom is -0.340 e. The zero-order chi connectivity index (χ0) is 17.8. The average molecular weight is 349 g/mol. The quantitative estimate of drug-likeness (QED) is 0.501. The van der Waals surface area contributed by atoms with E-state index < -0.39 is 0 Å². The van der Waals surface area contributed by atoms with Gasteiger partial charge in [0, 0.05) is 30.5 Å². The summed E-state index contributed by atoms with van der Waals surface area (Å²) in [4.78, 5) is 8.61. The van der Waals surface area contributed by atoms with Crippen molar-refractivity contribution in [1.29, 1.82) is 5.26 Å². The van der Waals surface area contributed by atoms with E-state index in [2.05, 4.69) is 22.1 Å². The molecule has 0 aliphatic carbocycles. The second-order valence-corrected chi connectivity index (χ2v) is 5.77. The third-order valence-corrected chi connectivity index (χ3v) is 4.03. The number of halogens is 1. The number of nitriles is 1. The Morgan fingerprint density at radius 3 is 2.80 bits per heavy atom. The van der Waals surface area contributed by atoms with Crippen LogP contribution >= 0.6 is 11.6 Å². The number of hydrogen-bond acceptors (Lipinski definition) is 3. The van der Waals surface area contributed by atoms with Crippen molar-refractivity contribution in [2.75, 3.05) is 0 Å². The standard InChI is InChI=1S/C18H11ClN4.C2H6/c19-15-7-13-6-12(3-4-16(13)22-9-15)10-23-11-14(8-20)18-17(23)2-1-5-21-18;1-2/h1-7,9,11H,10H2;1-2H3. The van der Waals surface area contributed by atoms with Gasteiger partial charge in [0.15, 0.2) is 0 Å². The molecule has 1 aromatic carbocycles. The molecule has 0 aliphatic heterocycles. The van der Waals surface area contributed by atoms with Crippen LogP contribution in [-0.4, -0.2) is 14.5 Å². The lowest BCUT2D eigenvalue weighted by Gasteiger charge is -2.07. The van der Waals surface area contributed by atoms with E-state index in [1.807, 2.05) is 54.9 Å². The lowest BCUT2D eigenvalue weighted by atomic mass is 10.1. The van der Waals surface area contributed by atoms with Gasteiger partial charge in [0.1, 0.15) is 11.6 Å². The van der Waals surface area contributed by atoms with E-state index in [9.17, 15) is 5.26 Å². The number of fused-ring (bicyclic) bond motifs is 2. The molecule has 0 N–H and O–H groups in total. The molecule has 0 saturated heterocycles. The van der Waals surface area contributed by atoms with E-state index in [0.717, 1.165) is 27.5 Å². The molecule has 5 heteroatoms. The van der Waals surface area contributed by atoms with Crippen LogP contribution in [0.25, 0.3) is 21.9 Å². The minimum atomic E-state index is 0.589. The Labute approximate surface area is 151 Å². The second kappa shape index (κ2) is 7.33. The van der Waals surface area contributed by atoms with Gasteiger partial charge < -0.3 is 4.57 Å². The maximum Gasteiger partial charge on any atom is 0.106 e. The molecule has 124 valence electrons. The average Bonchev–Trinajstić information content (AvgIpc) is 3.01. The third-order valence-electron chi connectivity index (χ3n) is 3.82. The van der Waals surface area contributed by atoms with Crippen LogP contribution in [0.4, 0.5) is 0 Å². The number of nitrogens with zero attached hydrogens (tertiary/aromatic N) is 4. The van der Waals surface area contributed by atoms with E-state index in [1.165, 1.54) is 0 Å². The normalized spacial score (nSPS) is 10.3. The first-order valence-electron chi connectivity index (χ1n) is 8.13. The van der Waals surface area contributed by atoms with Gasteiger partial charge in [0.2, 0.25) is 0 Å². The number of pyridine rings is 2. The first-order chi connectivity index (χ1) is 12.2. The summed E-state index contributed by atoms with van der Waals surface area (Å²) in [6.07, 6.45) is 5.20.